The Morgan fingerprint density at radius 3 is 2.78 bits per heavy atom. The van der Waals surface area contributed by atoms with Gasteiger partial charge in [0, 0.05) is 29.4 Å². The number of thiazole rings is 1. The molecular formula is C15H18N2S. The first kappa shape index (κ1) is 11.7. The summed E-state index contributed by atoms with van der Waals surface area (Å²) < 4.78 is 0. The van der Waals surface area contributed by atoms with Gasteiger partial charge in [-0.2, -0.15) is 0 Å². The van der Waals surface area contributed by atoms with E-state index in [0.717, 1.165) is 13.0 Å². The van der Waals surface area contributed by atoms with Crippen LogP contribution in [-0.2, 0) is 11.8 Å². The van der Waals surface area contributed by atoms with Crippen LogP contribution in [0, 0.1) is 0 Å². The second-order valence-electron chi connectivity index (χ2n) is 5.25. The van der Waals surface area contributed by atoms with Gasteiger partial charge in [-0.3, -0.25) is 0 Å². The molecule has 3 heteroatoms. The molecule has 0 atom stereocenters. The van der Waals surface area contributed by atoms with Crippen molar-refractivity contribution in [3.05, 3.63) is 46.4 Å². The van der Waals surface area contributed by atoms with Crippen LogP contribution in [0.1, 0.15) is 30.5 Å². The lowest BCUT2D eigenvalue weighted by Gasteiger charge is -2.04. The molecule has 1 saturated carbocycles. The van der Waals surface area contributed by atoms with E-state index in [0.29, 0.717) is 5.41 Å². The first-order chi connectivity index (χ1) is 8.76. The fraction of sp³-hybridized carbons (Fsp3) is 0.400. The summed E-state index contributed by atoms with van der Waals surface area (Å²) >= 11 is 1.83. The molecule has 18 heavy (non-hydrogen) atoms. The van der Waals surface area contributed by atoms with Gasteiger partial charge < -0.3 is 5.32 Å². The molecule has 1 aliphatic rings. The predicted molar refractivity (Wildman–Crippen MR) is 77.3 cm³/mol. The normalized spacial score (nSPS) is 16.5. The third kappa shape index (κ3) is 2.56. The van der Waals surface area contributed by atoms with Crippen molar-refractivity contribution in [3.63, 3.8) is 0 Å². The number of nitrogens with zero attached hydrogens (tertiary/aromatic N) is 1. The molecule has 1 N–H and O–H groups in total. The number of hydrogen-bond acceptors (Lipinski definition) is 3. The summed E-state index contributed by atoms with van der Waals surface area (Å²) in [7, 11) is 0. The molecule has 0 spiro atoms. The number of hydrogen-bond donors (Lipinski definition) is 1. The van der Waals surface area contributed by atoms with Crippen LogP contribution >= 0.6 is 11.3 Å². The molecule has 94 valence electrons. The van der Waals surface area contributed by atoms with Crippen LogP contribution in [0.3, 0.4) is 0 Å². The second kappa shape index (κ2) is 4.73. The van der Waals surface area contributed by atoms with Crippen molar-refractivity contribution in [2.45, 2.75) is 31.6 Å². The van der Waals surface area contributed by atoms with E-state index in [1.807, 2.05) is 17.4 Å². The molecule has 1 aromatic carbocycles. The Morgan fingerprint density at radius 2 is 2.06 bits per heavy atom. The van der Waals surface area contributed by atoms with E-state index in [4.69, 9.17) is 4.98 Å². The summed E-state index contributed by atoms with van der Waals surface area (Å²) in [5, 5.41) is 6.97. The molecule has 0 radical (unpaired) electrons. The summed E-state index contributed by atoms with van der Waals surface area (Å²) in [6, 6.07) is 10.3. The van der Waals surface area contributed by atoms with Crippen LogP contribution in [0.2, 0.25) is 0 Å². The highest BCUT2D eigenvalue weighted by Crippen LogP contribution is 2.48. The Bertz CT molecular complexity index is 514. The van der Waals surface area contributed by atoms with Gasteiger partial charge in [-0.25, -0.2) is 4.98 Å². The molecule has 2 aromatic rings. The zero-order chi connectivity index (χ0) is 12.4. The average molecular weight is 258 g/mol. The summed E-state index contributed by atoms with van der Waals surface area (Å²) in [6.07, 6.45) is 3.62. The molecule has 1 aromatic heterocycles. The van der Waals surface area contributed by atoms with E-state index in [1.54, 1.807) is 0 Å². The van der Waals surface area contributed by atoms with Gasteiger partial charge in [0.1, 0.15) is 0 Å². The predicted octanol–water partition coefficient (Wildman–Crippen LogP) is 3.85. The monoisotopic (exact) mass is 258 g/mol. The fourth-order valence-corrected chi connectivity index (χ4v) is 3.07. The zero-order valence-corrected chi connectivity index (χ0v) is 11.5. The molecule has 0 unspecified atom stereocenters. The van der Waals surface area contributed by atoms with E-state index in [9.17, 15) is 0 Å². The maximum Gasteiger partial charge on any atom is 0.0987 e. The molecule has 2 nitrogen and oxygen atoms in total. The summed E-state index contributed by atoms with van der Waals surface area (Å²) in [5.74, 6) is 0. The first-order valence-electron chi connectivity index (χ1n) is 6.50. The molecular weight excluding hydrogens is 240 g/mol. The van der Waals surface area contributed by atoms with Crippen molar-refractivity contribution < 1.29 is 0 Å². The van der Waals surface area contributed by atoms with Crippen LogP contribution in [0.4, 0.5) is 5.69 Å². The van der Waals surface area contributed by atoms with E-state index < -0.39 is 0 Å². The molecule has 0 amide bonds. The minimum Gasteiger partial charge on any atom is -0.385 e. The molecule has 0 saturated heterocycles. The van der Waals surface area contributed by atoms with Crippen molar-refractivity contribution in [1.29, 1.82) is 0 Å². The third-order valence-corrected chi connectivity index (χ3v) is 4.75. The van der Waals surface area contributed by atoms with Gasteiger partial charge in [-0.15, -0.1) is 11.3 Å². The largest absolute Gasteiger partial charge is 0.385 e. The number of rotatable bonds is 5. The molecule has 1 aliphatic carbocycles. The van der Waals surface area contributed by atoms with Gasteiger partial charge in [0.25, 0.3) is 0 Å². The van der Waals surface area contributed by atoms with E-state index in [-0.39, 0.29) is 0 Å². The van der Waals surface area contributed by atoms with Gasteiger partial charge in [-0.1, -0.05) is 25.1 Å². The highest BCUT2D eigenvalue weighted by atomic mass is 32.1. The fourth-order valence-electron chi connectivity index (χ4n) is 1.99. The smallest absolute Gasteiger partial charge is 0.0987 e. The molecule has 0 bridgehead atoms. The maximum absolute atomic E-state index is 4.75. The van der Waals surface area contributed by atoms with Gasteiger partial charge in [-0.05, 0) is 25.0 Å². The maximum atomic E-state index is 4.75. The Labute approximate surface area is 112 Å². The minimum absolute atomic E-state index is 0.412. The molecule has 3 rings (SSSR count). The number of para-hydroxylation sites is 1. The highest BCUT2D eigenvalue weighted by molar-refractivity contribution is 7.09. The topological polar surface area (TPSA) is 24.9 Å². The van der Waals surface area contributed by atoms with Gasteiger partial charge in [0.05, 0.1) is 10.7 Å². The summed E-state index contributed by atoms with van der Waals surface area (Å²) in [6.45, 7) is 3.27. The van der Waals surface area contributed by atoms with E-state index in [1.165, 1.54) is 29.2 Å². The Hall–Kier alpha value is -1.35. The van der Waals surface area contributed by atoms with Crippen molar-refractivity contribution in [2.75, 3.05) is 11.9 Å². The lowest BCUT2D eigenvalue weighted by atomic mass is 10.2. The quantitative estimate of drug-likeness (QED) is 0.881. The van der Waals surface area contributed by atoms with Crippen molar-refractivity contribution >= 4 is 17.0 Å². The molecule has 1 fully saturated rings. The van der Waals surface area contributed by atoms with Crippen LogP contribution in [0.15, 0.2) is 35.7 Å². The summed E-state index contributed by atoms with van der Waals surface area (Å²) in [5.41, 5.74) is 2.82. The second-order valence-corrected chi connectivity index (χ2v) is 6.11. The number of anilines is 1. The van der Waals surface area contributed by atoms with E-state index >= 15 is 0 Å². The van der Waals surface area contributed by atoms with Crippen LogP contribution in [0.5, 0.6) is 0 Å². The van der Waals surface area contributed by atoms with Gasteiger partial charge in [0.2, 0.25) is 0 Å². The Morgan fingerprint density at radius 1 is 1.28 bits per heavy atom. The third-order valence-electron chi connectivity index (χ3n) is 3.55. The average Bonchev–Trinajstić information content (AvgIpc) is 2.96. The van der Waals surface area contributed by atoms with Crippen LogP contribution in [-0.4, -0.2) is 11.5 Å². The Balaban J connectivity index is 1.53. The highest BCUT2D eigenvalue weighted by Gasteiger charge is 2.41. The molecule has 1 heterocycles. The minimum atomic E-state index is 0.412. The Kier molecular flexibility index (Phi) is 3.08. The lowest BCUT2D eigenvalue weighted by molar-refractivity contribution is 0.767. The van der Waals surface area contributed by atoms with Crippen LogP contribution in [0.25, 0.3) is 0 Å². The summed E-state index contributed by atoms with van der Waals surface area (Å²) in [4.78, 5) is 4.75. The lowest BCUT2D eigenvalue weighted by Crippen LogP contribution is -2.05. The van der Waals surface area contributed by atoms with Crippen LogP contribution < -0.4 is 5.32 Å². The van der Waals surface area contributed by atoms with Gasteiger partial charge in [0.15, 0.2) is 0 Å². The zero-order valence-electron chi connectivity index (χ0n) is 10.6. The van der Waals surface area contributed by atoms with Crippen molar-refractivity contribution in [2.24, 2.45) is 0 Å². The molecule has 0 aliphatic heterocycles. The van der Waals surface area contributed by atoms with Crippen molar-refractivity contribution in [3.8, 4) is 0 Å². The SMILES string of the molecule is CC1(c2nc(CCNc3ccccc3)cs2)CC1. The number of aromatic nitrogens is 1. The standard InChI is InChI=1S/C15H18N2S/c1-15(8-9-15)14-17-13(11-18-14)7-10-16-12-5-3-2-4-6-12/h2-6,11,16H,7-10H2,1H3. The number of benzene rings is 1. The van der Waals surface area contributed by atoms with Crippen molar-refractivity contribution in [1.82, 2.24) is 4.98 Å². The first-order valence-corrected chi connectivity index (χ1v) is 7.38. The van der Waals surface area contributed by atoms with Gasteiger partial charge >= 0.3 is 0 Å². The number of nitrogens with one attached hydrogen (secondary N) is 1. The van der Waals surface area contributed by atoms with E-state index in [2.05, 4.69) is 41.9 Å².